The van der Waals surface area contributed by atoms with E-state index in [1.165, 1.54) is 19.2 Å². The van der Waals surface area contributed by atoms with Gasteiger partial charge < -0.3 is 10.5 Å². The number of halogens is 3. The predicted molar refractivity (Wildman–Crippen MR) is 57.2 cm³/mol. The summed E-state index contributed by atoms with van der Waals surface area (Å²) >= 11 is 0. The molecule has 0 aromatic heterocycles. The van der Waals surface area contributed by atoms with Crippen LogP contribution in [0.2, 0.25) is 0 Å². The Labute approximate surface area is 98.0 Å². The van der Waals surface area contributed by atoms with Crippen LogP contribution in [-0.4, -0.2) is 13.1 Å². The molecule has 0 radical (unpaired) electrons. The summed E-state index contributed by atoms with van der Waals surface area (Å²) in [6, 6.07) is 2.77. The van der Waals surface area contributed by atoms with E-state index in [1.807, 2.05) is 0 Å². The van der Waals surface area contributed by atoms with E-state index in [4.69, 9.17) is 5.73 Å². The number of hydrogen-bond donors (Lipinski definition) is 1. The molecule has 0 aliphatic heterocycles. The summed E-state index contributed by atoms with van der Waals surface area (Å²) in [4.78, 5) is 10.9. The lowest BCUT2D eigenvalue weighted by atomic mass is 10.0. The fourth-order valence-electron chi connectivity index (χ4n) is 1.18. The highest BCUT2D eigenvalue weighted by atomic mass is 35.5. The molecular weight excluding hydrogens is 240 g/mol. The van der Waals surface area contributed by atoms with E-state index in [0.717, 1.165) is 6.07 Å². The maximum absolute atomic E-state index is 13.2. The lowest BCUT2D eigenvalue weighted by Gasteiger charge is -2.11. The van der Waals surface area contributed by atoms with Crippen LogP contribution in [0.5, 0.6) is 0 Å². The van der Waals surface area contributed by atoms with Gasteiger partial charge in [0.25, 0.3) is 0 Å². The zero-order chi connectivity index (χ0) is 11.4. The van der Waals surface area contributed by atoms with Gasteiger partial charge >= 0.3 is 5.97 Å². The topological polar surface area (TPSA) is 52.3 Å². The van der Waals surface area contributed by atoms with E-state index in [1.54, 1.807) is 0 Å². The van der Waals surface area contributed by atoms with Gasteiger partial charge in [0.05, 0.1) is 13.5 Å². The largest absolute Gasteiger partial charge is 0.469 e. The third kappa shape index (κ3) is 3.43. The molecule has 1 aromatic rings. The highest BCUT2D eigenvalue weighted by Gasteiger charge is 2.17. The summed E-state index contributed by atoms with van der Waals surface area (Å²) < 4.78 is 30.4. The van der Waals surface area contributed by atoms with Crippen LogP contribution in [0.15, 0.2) is 18.2 Å². The van der Waals surface area contributed by atoms with Gasteiger partial charge in [0.1, 0.15) is 0 Å². The first-order valence-corrected chi connectivity index (χ1v) is 4.32. The van der Waals surface area contributed by atoms with E-state index in [0.29, 0.717) is 0 Å². The molecule has 16 heavy (non-hydrogen) atoms. The normalized spacial score (nSPS) is 11.5. The first-order valence-electron chi connectivity index (χ1n) is 4.32. The minimum absolute atomic E-state index is 0. The van der Waals surface area contributed by atoms with Gasteiger partial charge in [-0.15, -0.1) is 12.4 Å². The van der Waals surface area contributed by atoms with Gasteiger partial charge in [0, 0.05) is 11.6 Å². The zero-order valence-electron chi connectivity index (χ0n) is 8.57. The van der Waals surface area contributed by atoms with E-state index in [9.17, 15) is 13.6 Å². The summed E-state index contributed by atoms with van der Waals surface area (Å²) in [6.07, 6.45) is -0.184. The van der Waals surface area contributed by atoms with Crippen LogP contribution in [-0.2, 0) is 9.53 Å². The van der Waals surface area contributed by atoms with Crippen molar-refractivity contribution in [3.8, 4) is 0 Å². The van der Waals surface area contributed by atoms with Crippen LogP contribution in [0.25, 0.3) is 0 Å². The van der Waals surface area contributed by atoms with Crippen molar-refractivity contribution in [2.24, 2.45) is 5.73 Å². The molecule has 3 nitrogen and oxygen atoms in total. The third-order valence-electron chi connectivity index (χ3n) is 2.00. The lowest BCUT2D eigenvalue weighted by molar-refractivity contribution is -0.141. The van der Waals surface area contributed by atoms with Crippen LogP contribution in [0, 0.1) is 11.6 Å². The monoisotopic (exact) mass is 251 g/mol. The number of nitrogens with two attached hydrogens (primary N) is 1. The van der Waals surface area contributed by atoms with Crippen molar-refractivity contribution in [3.63, 3.8) is 0 Å². The molecule has 1 rings (SSSR count). The van der Waals surface area contributed by atoms with E-state index in [2.05, 4.69) is 4.74 Å². The van der Waals surface area contributed by atoms with Crippen molar-refractivity contribution >= 4 is 18.4 Å². The molecule has 1 aromatic carbocycles. The molecule has 0 aliphatic carbocycles. The van der Waals surface area contributed by atoms with Gasteiger partial charge in [0.2, 0.25) is 0 Å². The first-order chi connectivity index (χ1) is 7.06. The van der Waals surface area contributed by atoms with Gasteiger partial charge in [-0.2, -0.15) is 0 Å². The Morgan fingerprint density at radius 1 is 1.50 bits per heavy atom. The molecule has 0 bridgehead atoms. The maximum atomic E-state index is 13.2. The SMILES string of the molecule is COC(=O)C[C@@H](N)c1cccc(F)c1F.Cl. The number of hydrogen-bond acceptors (Lipinski definition) is 3. The lowest BCUT2D eigenvalue weighted by Crippen LogP contribution is -2.18. The van der Waals surface area contributed by atoms with Crippen molar-refractivity contribution in [3.05, 3.63) is 35.4 Å². The second kappa shape index (κ2) is 6.40. The molecule has 0 fully saturated rings. The number of ether oxygens (including phenoxy) is 1. The van der Waals surface area contributed by atoms with E-state index >= 15 is 0 Å². The molecule has 0 unspecified atom stereocenters. The third-order valence-corrected chi connectivity index (χ3v) is 2.00. The molecule has 0 saturated carbocycles. The van der Waals surface area contributed by atoms with Crippen molar-refractivity contribution < 1.29 is 18.3 Å². The number of carbonyl (C=O) groups is 1. The van der Waals surface area contributed by atoms with Crippen LogP contribution < -0.4 is 5.73 Å². The molecule has 0 saturated heterocycles. The molecule has 1 atom stereocenters. The number of carbonyl (C=O) groups excluding carboxylic acids is 1. The summed E-state index contributed by atoms with van der Waals surface area (Å²) in [5.41, 5.74) is 5.51. The molecule has 0 heterocycles. The van der Waals surface area contributed by atoms with Crippen LogP contribution in [0.3, 0.4) is 0 Å². The van der Waals surface area contributed by atoms with E-state index in [-0.39, 0.29) is 24.4 Å². The van der Waals surface area contributed by atoms with Gasteiger partial charge in [-0.3, -0.25) is 4.79 Å². The summed E-state index contributed by atoms with van der Waals surface area (Å²) in [6.45, 7) is 0. The van der Waals surface area contributed by atoms with Crippen molar-refractivity contribution in [2.45, 2.75) is 12.5 Å². The summed E-state index contributed by atoms with van der Waals surface area (Å²) in [5, 5.41) is 0. The van der Waals surface area contributed by atoms with Crippen LogP contribution in [0.4, 0.5) is 8.78 Å². The fraction of sp³-hybridized carbons (Fsp3) is 0.300. The minimum Gasteiger partial charge on any atom is -0.469 e. The van der Waals surface area contributed by atoms with Crippen LogP contribution in [0.1, 0.15) is 18.0 Å². The Balaban J connectivity index is 0.00000225. The Morgan fingerprint density at radius 3 is 2.69 bits per heavy atom. The van der Waals surface area contributed by atoms with E-state index < -0.39 is 23.6 Å². The van der Waals surface area contributed by atoms with Crippen molar-refractivity contribution in [1.29, 1.82) is 0 Å². The second-order valence-corrected chi connectivity index (χ2v) is 3.03. The Morgan fingerprint density at radius 2 is 2.12 bits per heavy atom. The van der Waals surface area contributed by atoms with Gasteiger partial charge in [-0.25, -0.2) is 8.78 Å². The number of benzene rings is 1. The molecular formula is C10H12ClF2NO2. The van der Waals surface area contributed by atoms with Gasteiger partial charge in [0.15, 0.2) is 11.6 Å². The average Bonchev–Trinajstić information content (AvgIpc) is 2.21. The molecule has 0 aliphatic rings. The highest BCUT2D eigenvalue weighted by Crippen LogP contribution is 2.20. The summed E-state index contributed by atoms with van der Waals surface area (Å²) in [7, 11) is 1.21. The molecule has 2 N–H and O–H groups in total. The number of esters is 1. The Hall–Kier alpha value is -1.20. The molecule has 90 valence electrons. The maximum Gasteiger partial charge on any atom is 0.307 e. The molecule has 0 amide bonds. The van der Waals surface area contributed by atoms with Crippen LogP contribution >= 0.6 is 12.4 Å². The predicted octanol–water partition coefficient (Wildman–Crippen LogP) is 1.95. The summed E-state index contributed by atoms with van der Waals surface area (Å²) in [5.74, 6) is -2.56. The smallest absolute Gasteiger partial charge is 0.307 e. The van der Waals surface area contributed by atoms with Crippen molar-refractivity contribution in [1.82, 2.24) is 0 Å². The Kier molecular flexibility index (Phi) is 5.92. The molecule has 0 spiro atoms. The van der Waals surface area contributed by atoms with Gasteiger partial charge in [-0.05, 0) is 6.07 Å². The zero-order valence-corrected chi connectivity index (χ0v) is 9.39. The number of rotatable bonds is 3. The first kappa shape index (κ1) is 14.8. The van der Waals surface area contributed by atoms with Gasteiger partial charge in [-0.1, -0.05) is 12.1 Å². The fourth-order valence-corrected chi connectivity index (χ4v) is 1.18. The molecule has 6 heteroatoms. The Bertz CT molecular complexity index is 374. The average molecular weight is 252 g/mol. The second-order valence-electron chi connectivity index (χ2n) is 3.03. The van der Waals surface area contributed by atoms with Crippen molar-refractivity contribution in [2.75, 3.05) is 7.11 Å². The quantitative estimate of drug-likeness (QED) is 0.836. The standard InChI is InChI=1S/C10H11F2NO2.ClH/c1-15-9(14)5-8(13)6-3-2-4-7(11)10(6)12;/h2-4,8H,5,13H2,1H3;1H/t8-;/m1./s1. The number of methoxy groups -OCH3 is 1. The minimum atomic E-state index is -1.02. The highest BCUT2D eigenvalue weighted by molar-refractivity contribution is 5.85.